The smallest absolute Gasteiger partial charge is 0.376 e. The molecule has 3 nitrogen and oxygen atoms in total. The molecule has 0 aromatic rings. The van der Waals surface area contributed by atoms with Gasteiger partial charge in [0.1, 0.15) is 0 Å². The Morgan fingerprint density at radius 2 is 1.10 bits per heavy atom. The highest BCUT2D eigenvalue weighted by molar-refractivity contribution is 7.38. The van der Waals surface area contributed by atoms with Gasteiger partial charge in [-0.3, -0.25) is 4.48 Å². The largest absolute Gasteiger partial charge is 0.590 e. The van der Waals surface area contributed by atoms with E-state index in [1.807, 2.05) is 21.1 Å². The third-order valence-corrected chi connectivity index (χ3v) is 8.30. The van der Waals surface area contributed by atoms with Crippen LogP contribution in [0.15, 0.2) is 12.2 Å². The molecule has 0 aliphatic carbocycles. The zero-order valence-corrected chi connectivity index (χ0v) is 22.0. The second-order valence-electron chi connectivity index (χ2n) is 10.0. The van der Waals surface area contributed by atoms with Crippen LogP contribution in [-0.2, 0) is 4.57 Å². The van der Waals surface area contributed by atoms with Crippen LogP contribution in [0.3, 0.4) is 0 Å². The van der Waals surface area contributed by atoms with Gasteiger partial charge >= 0.3 is 8.03 Å². The number of unbranched alkanes of at least 4 members (excludes halogenated alkanes) is 13. The topological polar surface area (TPSA) is 40.1 Å². The Morgan fingerprint density at radius 1 is 0.667 bits per heavy atom. The van der Waals surface area contributed by atoms with Crippen molar-refractivity contribution in [1.82, 2.24) is 0 Å². The van der Waals surface area contributed by atoms with Crippen molar-refractivity contribution in [2.24, 2.45) is 0 Å². The molecule has 2 unspecified atom stereocenters. The van der Waals surface area contributed by atoms with Crippen molar-refractivity contribution in [3.63, 3.8) is 0 Å². The summed E-state index contributed by atoms with van der Waals surface area (Å²) in [5.41, 5.74) is 0. The van der Waals surface area contributed by atoms with Gasteiger partial charge in [0, 0.05) is 12.8 Å². The zero-order valence-electron chi connectivity index (χ0n) is 21.1. The van der Waals surface area contributed by atoms with Crippen molar-refractivity contribution in [3.05, 3.63) is 12.2 Å². The van der Waals surface area contributed by atoms with E-state index in [0.717, 1.165) is 32.1 Å². The van der Waals surface area contributed by atoms with Crippen LogP contribution in [0.25, 0.3) is 0 Å². The minimum Gasteiger partial charge on any atom is -0.590 e. The van der Waals surface area contributed by atoms with Gasteiger partial charge in [0.25, 0.3) is 5.28 Å². The molecular weight excluding hydrogens is 389 g/mol. The van der Waals surface area contributed by atoms with E-state index in [9.17, 15) is 9.46 Å². The van der Waals surface area contributed by atoms with E-state index >= 15 is 0 Å². The third-order valence-electron chi connectivity index (χ3n) is 6.58. The fourth-order valence-electron chi connectivity index (χ4n) is 4.46. The predicted molar refractivity (Wildman–Crippen MR) is 132 cm³/mol. The van der Waals surface area contributed by atoms with E-state index in [-0.39, 0.29) is 0 Å². The van der Waals surface area contributed by atoms with E-state index in [1.54, 1.807) is 0 Å². The van der Waals surface area contributed by atoms with Gasteiger partial charge < -0.3 is 4.89 Å². The molecule has 0 fully saturated rings. The minimum absolute atomic E-state index is 0.515. The van der Waals surface area contributed by atoms with E-state index in [2.05, 4.69) is 26.0 Å². The minimum atomic E-state index is -2.43. The van der Waals surface area contributed by atoms with E-state index in [0.29, 0.717) is 4.48 Å². The lowest BCUT2D eigenvalue weighted by molar-refractivity contribution is -0.910. The maximum Gasteiger partial charge on any atom is 0.376 e. The van der Waals surface area contributed by atoms with Crippen LogP contribution in [0.4, 0.5) is 0 Å². The van der Waals surface area contributed by atoms with Crippen LogP contribution in [0.1, 0.15) is 129 Å². The fourth-order valence-corrected chi connectivity index (χ4v) is 5.69. The van der Waals surface area contributed by atoms with Crippen LogP contribution in [0.5, 0.6) is 0 Å². The molecule has 0 aromatic heterocycles. The molecule has 0 saturated carbocycles. The number of nitrogens with zero attached hydrogens (tertiary/aromatic N) is 1. The van der Waals surface area contributed by atoms with Crippen molar-refractivity contribution >= 4 is 8.03 Å². The van der Waals surface area contributed by atoms with Crippen molar-refractivity contribution < 1.29 is 13.9 Å². The van der Waals surface area contributed by atoms with Gasteiger partial charge in [-0.15, -0.1) is 0 Å². The van der Waals surface area contributed by atoms with Crippen molar-refractivity contribution in [2.75, 3.05) is 21.1 Å². The Bertz CT molecular complexity index is 445. The highest BCUT2D eigenvalue weighted by Crippen LogP contribution is 2.45. The lowest BCUT2D eigenvalue weighted by Gasteiger charge is -2.39. The Kier molecular flexibility index (Phi) is 18.2. The highest BCUT2D eigenvalue weighted by atomic mass is 31.1. The third kappa shape index (κ3) is 13.2. The van der Waals surface area contributed by atoms with Gasteiger partial charge in [0.05, 0.1) is 21.1 Å². The molecule has 0 rings (SSSR count). The van der Waals surface area contributed by atoms with Crippen molar-refractivity contribution in [3.8, 4) is 0 Å². The Labute approximate surface area is 190 Å². The molecule has 0 spiro atoms. The van der Waals surface area contributed by atoms with Gasteiger partial charge in [0.2, 0.25) is 0 Å². The quantitative estimate of drug-likeness (QED) is 0.0779. The van der Waals surface area contributed by atoms with Gasteiger partial charge in [-0.2, -0.15) is 0 Å². The first kappa shape index (κ1) is 29.8. The molecule has 0 radical (unpaired) electrons. The number of allylic oxidation sites excluding steroid dienone is 2. The Hall–Kier alpha value is -0.240. The lowest BCUT2D eigenvalue weighted by Crippen LogP contribution is -2.55. The Balaban J connectivity index is 3.73. The first-order chi connectivity index (χ1) is 14.3. The van der Waals surface area contributed by atoms with Crippen LogP contribution in [0, 0.1) is 0 Å². The molecule has 30 heavy (non-hydrogen) atoms. The van der Waals surface area contributed by atoms with Gasteiger partial charge in [-0.1, -0.05) is 94.8 Å². The van der Waals surface area contributed by atoms with Gasteiger partial charge in [-0.05, 0) is 38.5 Å². The summed E-state index contributed by atoms with van der Waals surface area (Å²) in [6.07, 6.45) is 26.7. The molecule has 0 aromatic carbocycles. The summed E-state index contributed by atoms with van der Waals surface area (Å²) in [4.78, 5) is 12.1. The lowest BCUT2D eigenvalue weighted by atomic mass is 9.99. The van der Waals surface area contributed by atoms with Crippen LogP contribution in [-0.4, -0.2) is 30.9 Å². The van der Waals surface area contributed by atoms with E-state index < -0.39 is 13.3 Å². The summed E-state index contributed by atoms with van der Waals surface area (Å²) in [5, 5.41) is -0.598. The van der Waals surface area contributed by atoms with E-state index in [1.165, 1.54) is 83.5 Å². The Morgan fingerprint density at radius 3 is 1.50 bits per heavy atom. The standard InChI is InChI=1S/C26H53NO2P/c1-6-8-9-10-11-12-13-14-15-16-17-18-19-20-21-22-23-25-26(24-7-2,30(28)29)27(3,4)5/h17-18H,6-16,19-25H2,1-5H3/q+1. The average molecular weight is 443 g/mol. The molecule has 0 aliphatic heterocycles. The van der Waals surface area contributed by atoms with Crippen LogP contribution >= 0.6 is 8.03 Å². The molecule has 0 amide bonds. The SMILES string of the molecule is CCCCCCCCCCCC=CCCCCCCC(CCC)([P+](=O)[O-])[N+](C)(C)C. The molecule has 0 heterocycles. The first-order valence-corrected chi connectivity index (χ1v) is 14.1. The normalized spacial score (nSPS) is 14.9. The predicted octanol–water partition coefficient (Wildman–Crippen LogP) is 8.11. The van der Waals surface area contributed by atoms with Crippen molar-refractivity contribution in [2.45, 2.75) is 135 Å². The highest BCUT2D eigenvalue weighted by Gasteiger charge is 2.53. The van der Waals surface area contributed by atoms with E-state index in [4.69, 9.17) is 0 Å². The summed E-state index contributed by atoms with van der Waals surface area (Å²) in [7, 11) is 3.66. The summed E-state index contributed by atoms with van der Waals surface area (Å²) in [6.45, 7) is 4.36. The van der Waals surface area contributed by atoms with Gasteiger partial charge in [0.15, 0.2) is 0 Å². The zero-order chi connectivity index (χ0) is 22.7. The monoisotopic (exact) mass is 442 g/mol. The summed E-state index contributed by atoms with van der Waals surface area (Å²) in [5.74, 6) is 0. The maximum atomic E-state index is 12.1. The molecule has 4 heteroatoms. The molecule has 0 N–H and O–H groups in total. The van der Waals surface area contributed by atoms with Crippen LogP contribution in [0.2, 0.25) is 0 Å². The summed E-state index contributed by atoms with van der Waals surface area (Å²) >= 11 is 0. The second kappa shape index (κ2) is 18.3. The summed E-state index contributed by atoms with van der Waals surface area (Å²) in [6, 6.07) is 0. The number of quaternary nitrogens is 1. The first-order valence-electron chi connectivity index (χ1n) is 12.9. The van der Waals surface area contributed by atoms with Crippen LogP contribution < -0.4 is 4.89 Å². The average Bonchev–Trinajstić information content (AvgIpc) is 2.68. The second-order valence-corrected chi connectivity index (χ2v) is 11.4. The van der Waals surface area contributed by atoms with Crippen molar-refractivity contribution in [1.29, 1.82) is 0 Å². The number of rotatable bonds is 21. The number of hydrogen-bond donors (Lipinski definition) is 0. The molecule has 0 aliphatic rings. The summed E-state index contributed by atoms with van der Waals surface area (Å²) < 4.78 is 12.6. The molecule has 178 valence electrons. The van der Waals surface area contributed by atoms with Gasteiger partial charge in [-0.25, -0.2) is 0 Å². The maximum absolute atomic E-state index is 12.1. The molecular formula is C26H53NO2P+. The number of hydrogen-bond acceptors (Lipinski definition) is 2. The molecule has 0 bridgehead atoms. The molecule has 0 saturated heterocycles. The molecule has 2 atom stereocenters. The fraction of sp³-hybridized carbons (Fsp3) is 0.923.